The maximum absolute atomic E-state index is 5.07. The Morgan fingerprint density at radius 2 is 1.82 bits per heavy atom. The largest absolute Gasteiger partial charge is 0.362 e. The van der Waals surface area contributed by atoms with Crippen molar-refractivity contribution in [3.8, 4) is 0 Å². The Kier molecular flexibility index (Phi) is 8.61. The number of aromatic nitrogens is 1. The summed E-state index contributed by atoms with van der Waals surface area (Å²) in [6.45, 7) is 5.34. The molecule has 1 rings (SSSR count). The summed E-state index contributed by atoms with van der Waals surface area (Å²) in [7, 11) is 0. The monoisotopic (exact) mass is 337 g/mol. The van der Waals surface area contributed by atoms with Crippen molar-refractivity contribution in [1.82, 2.24) is 26.5 Å². The normalized spacial score (nSPS) is 11.1. The van der Waals surface area contributed by atoms with Gasteiger partial charge in [0.15, 0.2) is 10.2 Å². The summed E-state index contributed by atoms with van der Waals surface area (Å²) in [6, 6.07) is 5.52. The minimum absolute atomic E-state index is 0.431. The lowest BCUT2D eigenvalue weighted by Crippen LogP contribution is -2.33. The van der Waals surface area contributed by atoms with E-state index in [1.165, 1.54) is 6.21 Å². The first-order chi connectivity index (χ1) is 10.7. The molecule has 0 unspecified atom stereocenters. The average Bonchev–Trinajstić information content (AvgIpc) is 2.52. The first-order valence-electron chi connectivity index (χ1n) is 6.77. The van der Waals surface area contributed by atoms with E-state index in [-0.39, 0.29) is 0 Å². The maximum Gasteiger partial charge on any atom is 0.186 e. The Bertz CT molecular complexity index is 543. The number of nitrogens with one attached hydrogen (secondary N) is 4. The van der Waals surface area contributed by atoms with Crippen LogP contribution >= 0.6 is 24.4 Å². The Labute approximate surface area is 140 Å². The van der Waals surface area contributed by atoms with Gasteiger partial charge in [0.05, 0.1) is 11.9 Å². The van der Waals surface area contributed by atoms with Gasteiger partial charge >= 0.3 is 0 Å². The zero-order chi connectivity index (χ0) is 16.2. The zero-order valence-corrected chi connectivity index (χ0v) is 14.1. The smallest absolute Gasteiger partial charge is 0.186 e. The van der Waals surface area contributed by atoms with Crippen molar-refractivity contribution in [2.24, 2.45) is 10.2 Å². The molecule has 0 aliphatic carbocycles. The highest BCUT2D eigenvalue weighted by Gasteiger charge is 2.02. The number of rotatable bonds is 6. The molecule has 22 heavy (non-hydrogen) atoms. The van der Waals surface area contributed by atoms with Crippen LogP contribution in [0, 0.1) is 0 Å². The summed E-state index contributed by atoms with van der Waals surface area (Å²) in [5.41, 5.74) is 6.63. The lowest BCUT2D eigenvalue weighted by molar-refractivity contribution is 0.899. The van der Waals surface area contributed by atoms with E-state index in [1.54, 1.807) is 6.20 Å². The van der Waals surface area contributed by atoms with Crippen molar-refractivity contribution < 1.29 is 0 Å². The molecule has 118 valence electrons. The van der Waals surface area contributed by atoms with Crippen LogP contribution in [0.3, 0.4) is 0 Å². The highest BCUT2D eigenvalue weighted by Crippen LogP contribution is 1.94. The number of nitrogens with zero attached hydrogens (tertiary/aromatic N) is 3. The molecular formula is C13H19N7S2. The van der Waals surface area contributed by atoms with E-state index in [4.69, 9.17) is 24.4 Å². The van der Waals surface area contributed by atoms with Gasteiger partial charge in [-0.05, 0) is 50.4 Å². The van der Waals surface area contributed by atoms with Crippen molar-refractivity contribution in [1.29, 1.82) is 0 Å². The molecule has 0 saturated carbocycles. The van der Waals surface area contributed by atoms with Crippen LogP contribution in [0.25, 0.3) is 0 Å². The Morgan fingerprint density at radius 3 is 2.41 bits per heavy atom. The van der Waals surface area contributed by atoms with E-state index in [0.717, 1.165) is 6.54 Å². The van der Waals surface area contributed by atoms with Gasteiger partial charge in [0.25, 0.3) is 0 Å². The molecule has 0 aliphatic heterocycles. The second kappa shape index (κ2) is 10.6. The number of hydrogen-bond acceptors (Lipinski definition) is 5. The second-order valence-electron chi connectivity index (χ2n) is 3.91. The van der Waals surface area contributed by atoms with Crippen molar-refractivity contribution in [2.45, 2.75) is 13.8 Å². The van der Waals surface area contributed by atoms with Crippen LogP contribution < -0.4 is 21.5 Å². The number of hydrazone groups is 2. The summed E-state index contributed by atoms with van der Waals surface area (Å²) < 4.78 is 0. The summed E-state index contributed by atoms with van der Waals surface area (Å²) >= 11 is 10.1. The van der Waals surface area contributed by atoms with E-state index in [0.29, 0.717) is 28.2 Å². The van der Waals surface area contributed by atoms with Gasteiger partial charge in [0.1, 0.15) is 5.71 Å². The fraction of sp³-hybridized carbons (Fsp3) is 0.308. The SMILES string of the molecule is CCNC(=S)N/N=C(\C=N\NC(=S)NCC)c1ccccn1. The van der Waals surface area contributed by atoms with Crippen LogP contribution in [0.5, 0.6) is 0 Å². The summed E-state index contributed by atoms with van der Waals surface area (Å²) in [4.78, 5) is 4.24. The van der Waals surface area contributed by atoms with Gasteiger partial charge < -0.3 is 10.6 Å². The molecule has 0 aromatic carbocycles. The number of thiocarbonyl (C=S) groups is 2. The predicted molar refractivity (Wildman–Crippen MR) is 98.1 cm³/mol. The quantitative estimate of drug-likeness (QED) is 0.346. The highest BCUT2D eigenvalue weighted by atomic mass is 32.1. The summed E-state index contributed by atoms with van der Waals surface area (Å²) in [5.74, 6) is 0. The molecule has 7 nitrogen and oxygen atoms in total. The third-order valence-electron chi connectivity index (χ3n) is 2.23. The van der Waals surface area contributed by atoms with Gasteiger partial charge in [-0.3, -0.25) is 15.8 Å². The number of hydrogen-bond donors (Lipinski definition) is 4. The van der Waals surface area contributed by atoms with E-state index in [9.17, 15) is 0 Å². The van der Waals surface area contributed by atoms with E-state index in [2.05, 4.69) is 36.7 Å². The van der Waals surface area contributed by atoms with Gasteiger partial charge in [-0.1, -0.05) is 6.07 Å². The zero-order valence-electron chi connectivity index (χ0n) is 12.5. The summed E-state index contributed by atoms with van der Waals surface area (Å²) in [6.07, 6.45) is 3.20. The van der Waals surface area contributed by atoms with E-state index < -0.39 is 0 Å². The first-order valence-corrected chi connectivity index (χ1v) is 7.58. The summed E-state index contributed by atoms with van der Waals surface area (Å²) in [5, 5.41) is 15.0. The Balaban J connectivity index is 2.79. The van der Waals surface area contributed by atoms with Crippen molar-refractivity contribution >= 4 is 46.6 Å². The molecule has 0 aliphatic rings. The fourth-order valence-electron chi connectivity index (χ4n) is 1.33. The highest BCUT2D eigenvalue weighted by molar-refractivity contribution is 7.80. The maximum atomic E-state index is 5.07. The Morgan fingerprint density at radius 1 is 1.14 bits per heavy atom. The minimum atomic E-state index is 0.431. The van der Waals surface area contributed by atoms with Crippen LogP contribution in [0.4, 0.5) is 0 Å². The molecule has 9 heteroatoms. The molecule has 1 aromatic rings. The molecule has 0 radical (unpaired) electrons. The third-order valence-corrected chi connectivity index (χ3v) is 2.70. The fourth-order valence-corrected chi connectivity index (χ4v) is 1.72. The molecule has 0 bridgehead atoms. The van der Waals surface area contributed by atoms with Crippen molar-refractivity contribution in [3.05, 3.63) is 30.1 Å². The molecule has 0 spiro atoms. The standard InChI is InChI=1S/C13H19N7S2/c1-3-14-12(21)19-17-9-11(10-7-5-6-8-16-10)18-20-13(22)15-4-2/h5-9H,3-4H2,1-2H3,(H2,14,19,21)(H2,15,20,22)/b17-9+,18-11+. The molecule has 1 aromatic heterocycles. The molecule has 0 amide bonds. The predicted octanol–water partition coefficient (Wildman–Crippen LogP) is 0.740. The van der Waals surface area contributed by atoms with Crippen LogP contribution in [0.2, 0.25) is 0 Å². The van der Waals surface area contributed by atoms with E-state index in [1.807, 2.05) is 32.0 Å². The van der Waals surface area contributed by atoms with Crippen LogP contribution in [-0.2, 0) is 0 Å². The minimum Gasteiger partial charge on any atom is -0.362 e. The second-order valence-corrected chi connectivity index (χ2v) is 4.73. The van der Waals surface area contributed by atoms with Gasteiger partial charge in [0.2, 0.25) is 0 Å². The van der Waals surface area contributed by atoms with Gasteiger partial charge in [-0.25, -0.2) is 0 Å². The molecule has 1 heterocycles. The van der Waals surface area contributed by atoms with Crippen LogP contribution in [0.15, 0.2) is 34.6 Å². The Hall–Kier alpha value is -2.13. The third kappa shape index (κ3) is 7.04. The van der Waals surface area contributed by atoms with Crippen LogP contribution in [0.1, 0.15) is 19.5 Å². The van der Waals surface area contributed by atoms with Crippen molar-refractivity contribution in [2.75, 3.05) is 13.1 Å². The molecule has 0 fully saturated rings. The lowest BCUT2D eigenvalue weighted by atomic mass is 10.2. The van der Waals surface area contributed by atoms with Gasteiger partial charge in [-0.2, -0.15) is 10.2 Å². The average molecular weight is 337 g/mol. The van der Waals surface area contributed by atoms with Gasteiger partial charge in [0, 0.05) is 19.3 Å². The number of pyridine rings is 1. The molecule has 0 saturated heterocycles. The van der Waals surface area contributed by atoms with Crippen molar-refractivity contribution in [3.63, 3.8) is 0 Å². The lowest BCUT2D eigenvalue weighted by Gasteiger charge is -2.06. The molecule has 4 N–H and O–H groups in total. The molecule has 0 atom stereocenters. The van der Waals surface area contributed by atoms with Crippen LogP contribution in [-0.4, -0.2) is 40.2 Å². The van der Waals surface area contributed by atoms with Gasteiger partial charge in [-0.15, -0.1) is 0 Å². The van der Waals surface area contributed by atoms with E-state index >= 15 is 0 Å². The first kappa shape index (κ1) is 17.9. The topological polar surface area (TPSA) is 85.7 Å². The molecular weight excluding hydrogens is 318 g/mol.